The van der Waals surface area contributed by atoms with Crippen molar-refractivity contribution in [2.24, 2.45) is 0 Å². The van der Waals surface area contributed by atoms with Crippen LogP contribution in [0.5, 0.6) is 0 Å². The van der Waals surface area contributed by atoms with Crippen LogP contribution in [0.1, 0.15) is 5.56 Å². The van der Waals surface area contributed by atoms with Crippen molar-refractivity contribution in [2.75, 3.05) is 0 Å². The Morgan fingerprint density at radius 3 is 2.75 bits per heavy atom. The third-order valence-corrected chi connectivity index (χ3v) is 3.67. The highest BCUT2D eigenvalue weighted by Crippen LogP contribution is 2.14. The first-order valence-corrected chi connectivity index (χ1v) is 7.07. The maximum atomic E-state index is 12.4. The summed E-state index contributed by atoms with van der Waals surface area (Å²) < 4.78 is 2.57. The second-order valence-electron chi connectivity index (χ2n) is 4.51. The molecule has 0 atom stereocenters. The first-order chi connectivity index (χ1) is 9.74. The zero-order valence-electron chi connectivity index (χ0n) is 10.7. The second kappa shape index (κ2) is 5.54. The van der Waals surface area contributed by atoms with Gasteiger partial charge in [-0.2, -0.15) is 0 Å². The molecule has 0 bridgehead atoms. The number of aryl methyl sites for hydroxylation is 2. The topological polar surface area (TPSA) is 47.8 Å². The quantitative estimate of drug-likeness (QED) is 0.742. The lowest BCUT2D eigenvalue weighted by Gasteiger charge is -2.06. The maximum absolute atomic E-state index is 12.4. The molecular formula is C15H12BrN3O. The SMILES string of the molecule is O=c1c2ccc(Br)cc2ncn1CCc1ccncc1. The molecule has 0 radical (unpaired) electrons. The van der Waals surface area contributed by atoms with Gasteiger partial charge in [-0.25, -0.2) is 4.98 Å². The molecule has 0 saturated carbocycles. The van der Waals surface area contributed by atoms with E-state index in [0.29, 0.717) is 17.4 Å². The van der Waals surface area contributed by atoms with E-state index in [1.807, 2.05) is 24.3 Å². The summed E-state index contributed by atoms with van der Waals surface area (Å²) >= 11 is 3.38. The number of nitrogens with zero attached hydrogens (tertiary/aromatic N) is 3. The van der Waals surface area contributed by atoms with Gasteiger partial charge in [0.2, 0.25) is 0 Å². The molecule has 20 heavy (non-hydrogen) atoms. The van der Waals surface area contributed by atoms with Crippen molar-refractivity contribution < 1.29 is 0 Å². The van der Waals surface area contributed by atoms with Gasteiger partial charge in [0, 0.05) is 23.4 Å². The molecule has 0 unspecified atom stereocenters. The average molecular weight is 330 g/mol. The number of pyridine rings is 1. The van der Waals surface area contributed by atoms with Crippen LogP contribution in [-0.4, -0.2) is 14.5 Å². The number of aromatic nitrogens is 3. The van der Waals surface area contributed by atoms with Crippen LogP contribution in [0.3, 0.4) is 0 Å². The summed E-state index contributed by atoms with van der Waals surface area (Å²) in [5, 5.41) is 0.644. The number of hydrogen-bond acceptors (Lipinski definition) is 3. The minimum atomic E-state index is -0.00319. The highest BCUT2D eigenvalue weighted by molar-refractivity contribution is 9.10. The fourth-order valence-electron chi connectivity index (χ4n) is 2.09. The third-order valence-electron chi connectivity index (χ3n) is 3.18. The molecule has 0 spiro atoms. The molecule has 1 aromatic carbocycles. The fraction of sp³-hybridized carbons (Fsp3) is 0.133. The van der Waals surface area contributed by atoms with Gasteiger partial charge < -0.3 is 0 Å². The van der Waals surface area contributed by atoms with E-state index >= 15 is 0 Å². The Balaban J connectivity index is 1.91. The van der Waals surface area contributed by atoms with Gasteiger partial charge in [0.25, 0.3) is 5.56 Å². The normalized spacial score (nSPS) is 10.8. The van der Waals surface area contributed by atoms with Crippen LogP contribution in [-0.2, 0) is 13.0 Å². The van der Waals surface area contributed by atoms with E-state index < -0.39 is 0 Å². The van der Waals surface area contributed by atoms with E-state index in [2.05, 4.69) is 25.9 Å². The van der Waals surface area contributed by atoms with E-state index in [4.69, 9.17) is 0 Å². The predicted octanol–water partition coefficient (Wildman–Crippen LogP) is 2.80. The summed E-state index contributed by atoms with van der Waals surface area (Å²) in [7, 11) is 0. The maximum Gasteiger partial charge on any atom is 0.261 e. The summed E-state index contributed by atoms with van der Waals surface area (Å²) in [4.78, 5) is 20.7. The molecular weight excluding hydrogens is 318 g/mol. The van der Waals surface area contributed by atoms with Gasteiger partial charge in [0.05, 0.1) is 17.2 Å². The molecule has 2 aromatic heterocycles. The lowest BCUT2D eigenvalue weighted by molar-refractivity contribution is 0.662. The van der Waals surface area contributed by atoms with Gasteiger partial charge in [-0.3, -0.25) is 14.3 Å². The zero-order chi connectivity index (χ0) is 13.9. The van der Waals surface area contributed by atoms with E-state index in [1.165, 1.54) is 0 Å². The molecule has 0 fully saturated rings. The Kier molecular flexibility index (Phi) is 3.60. The van der Waals surface area contributed by atoms with Crippen molar-refractivity contribution in [1.29, 1.82) is 0 Å². The van der Waals surface area contributed by atoms with Crippen LogP contribution in [0.4, 0.5) is 0 Å². The predicted molar refractivity (Wildman–Crippen MR) is 81.6 cm³/mol. The van der Waals surface area contributed by atoms with E-state index in [1.54, 1.807) is 29.4 Å². The zero-order valence-corrected chi connectivity index (χ0v) is 12.2. The summed E-state index contributed by atoms with van der Waals surface area (Å²) in [5.41, 5.74) is 1.86. The van der Waals surface area contributed by atoms with Crippen molar-refractivity contribution >= 4 is 26.8 Å². The van der Waals surface area contributed by atoms with E-state index in [-0.39, 0.29) is 5.56 Å². The highest BCUT2D eigenvalue weighted by Gasteiger charge is 2.04. The monoisotopic (exact) mass is 329 g/mol. The largest absolute Gasteiger partial charge is 0.298 e. The lowest BCUT2D eigenvalue weighted by atomic mass is 10.2. The number of halogens is 1. The molecule has 5 heteroatoms. The Morgan fingerprint density at radius 2 is 1.95 bits per heavy atom. The Bertz CT molecular complexity index is 799. The highest BCUT2D eigenvalue weighted by atomic mass is 79.9. The van der Waals surface area contributed by atoms with Crippen LogP contribution >= 0.6 is 15.9 Å². The van der Waals surface area contributed by atoms with Gasteiger partial charge >= 0.3 is 0 Å². The van der Waals surface area contributed by atoms with Gasteiger partial charge in [-0.05, 0) is 42.3 Å². The second-order valence-corrected chi connectivity index (χ2v) is 5.43. The minimum absolute atomic E-state index is 0.00319. The number of fused-ring (bicyclic) bond motifs is 1. The van der Waals surface area contributed by atoms with Crippen molar-refractivity contribution in [3.8, 4) is 0 Å². The molecule has 0 aliphatic heterocycles. The molecule has 0 aliphatic carbocycles. The van der Waals surface area contributed by atoms with E-state index in [0.717, 1.165) is 16.5 Å². The Labute approximate surface area is 124 Å². The summed E-state index contributed by atoms with van der Waals surface area (Å²) in [6.45, 7) is 0.613. The molecule has 0 aliphatic rings. The first kappa shape index (κ1) is 13.0. The van der Waals surface area contributed by atoms with E-state index in [9.17, 15) is 4.79 Å². The Hall–Kier alpha value is -2.01. The van der Waals surface area contributed by atoms with Crippen LogP contribution in [0.2, 0.25) is 0 Å². The molecule has 2 heterocycles. The van der Waals surface area contributed by atoms with Crippen molar-refractivity contribution in [3.63, 3.8) is 0 Å². The molecule has 3 rings (SSSR count). The fourth-order valence-corrected chi connectivity index (χ4v) is 2.44. The molecule has 4 nitrogen and oxygen atoms in total. The average Bonchev–Trinajstić information content (AvgIpc) is 2.47. The molecule has 0 saturated heterocycles. The van der Waals surface area contributed by atoms with Gasteiger partial charge in [-0.15, -0.1) is 0 Å². The van der Waals surface area contributed by atoms with Gasteiger partial charge in [0.1, 0.15) is 0 Å². The number of hydrogen-bond donors (Lipinski definition) is 0. The molecule has 100 valence electrons. The van der Waals surface area contributed by atoms with Crippen molar-refractivity contribution in [1.82, 2.24) is 14.5 Å². The lowest BCUT2D eigenvalue weighted by Crippen LogP contribution is -2.21. The summed E-state index contributed by atoms with van der Waals surface area (Å²) in [5.74, 6) is 0. The van der Waals surface area contributed by atoms with Crippen molar-refractivity contribution in [2.45, 2.75) is 13.0 Å². The van der Waals surface area contributed by atoms with Gasteiger partial charge in [-0.1, -0.05) is 15.9 Å². The van der Waals surface area contributed by atoms with Crippen molar-refractivity contribution in [3.05, 3.63) is 69.4 Å². The standard InChI is InChI=1S/C15H12BrN3O/c16-12-1-2-13-14(9-12)18-10-19(15(13)20)8-5-11-3-6-17-7-4-11/h1-4,6-7,9-10H,5,8H2. The Morgan fingerprint density at radius 1 is 1.15 bits per heavy atom. The number of benzene rings is 1. The third kappa shape index (κ3) is 2.63. The van der Waals surface area contributed by atoms with Crippen LogP contribution in [0.15, 0.2) is 58.3 Å². The smallest absolute Gasteiger partial charge is 0.261 e. The molecule has 0 N–H and O–H groups in total. The minimum Gasteiger partial charge on any atom is -0.298 e. The molecule has 0 amide bonds. The molecule has 3 aromatic rings. The van der Waals surface area contributed by atoms with Crippen LogP contribution < -0.4 is 5.56 Å². The summed E-state index contributed by atoms with van der Waals surface area (Å²) in [6, 6.07) is 9.42. The number of rotatable bonds is 3. The summed E-state index contributed by atoms with van der Waals surface area (Å²) in [6.07, 6.45) is 5.91. The first-order valence-electron chi connectivity index (χ1n) is 6.27. The van der Waals surface area contributed by atoms with Crippen LogP contribution in [0, 0.1) is 0 Å². The van der Waals surface area contributed by atoms with Crippen LogP contribution in [0.25, 0.3) is 10.9 Å². The van der Waals surface area contributed by atoms with Gasteiger partial charge in [0.15, 0.2) is 0 Å².